The molecule has 27 heavy (non-hydrogen) atoms. The van der Waals surface area contributed by atoms with E-state index in [4.69, 9.17) is 4.74 Å². The van der Waals surface area contributed by atoms with Crippen LogP contribution in [0.3, 0.4) is 0 Å². The van der Waals surface area contributed by atoms with E-state index in [1.165, 1.54) is 29.8 Å². The lowest BCUT2D eigenvalue weighted by atomic mass is 9.87. The average molecular weight is 392 g/mol. The minimum Gasteiger partial charge on any atom is -0.493 e. The smallest absolute Gasteiger partial charge is 0.239 e. The van der Waals surface area contributed by atoms with Gasteiger partial charge in [-0.25, -0.2) is 4.39 Å². The van der Waals surface area contributed by atoms with Gasteiger partial charge in [0.25, 0.3) is 0 Å². The third-order valence-corrected chi connectivity index (χ3v) is 5.72. The lowest BCUT2D eigenvalue weighted by Gasteiger charge is -2.19. The monoisotopic (exact) mass is 391 g/mol. The average Bonchev–Trinajstić information content (AvgIpc) is 2.62. The summed E-state index contributed by atoms with van der Waals surface area (Å²) in [6.07, 6.45) is 0. The number of rotatable bonds is 7. The third kappa shape index (κ3) is 6.47. The molecule has 0 unspecified atom stereocenters. The van der Waals surface area contributed by atoms with Crippen LogP contribution in [0.5, 0.6) is 5.75 Å². The van der Waals surface area contributed by atoms with Crippen molar-refractivity contribution in [2.75, 3.05) is 17.7 Å². The highest BCUT2D eigenvalue weighted by Gasteiger charge is 2.20. The molecule has 4 nitrogen and oxygen atoms in total. The summed E-state index contributed by atoms with van der Waals surface area (Å²) >= 11 is 0. The first kappa shape index (κ1) is 21.1. The predicted octanol–water partition coefficient (Wildman–Crippen LogP) is 4.28. The van der Waals surface area contributed by atoms with E-state index in [9.17, 15) is 13.4 Å². The molecule has 2 aromatic rings. The Morgan fingerprint density at radius 1 is 1.11 bits per heavy atom. The highest BCUT2D eigenvalue weighted by Crippen LogP contribution is 2.23. The van der Waals surface area contributed by atoms with Gasteiger partial charge in [-0.3, -0.25) is 9.00 Å². The van der Waals surface area contributed by atoms with Gasteiger partial charge in [-0.1, -0.05) is 32.9 Å². The Morgan fingerprint density at radius 3 is 2.26 bits per heavy atom. The van der Waals surface area contributed by atoms with Gasteiger partial charge in [0, 0.05) is 16.5 Å². The Bertz CT molecular complexity index is 783. The molecule has 0 fully saturated rings. The Morgan fingerprint density at radius 2 is 1.70 bits per heavy atom. The van der Waals surface area contributed by atoms with Crippen molar-refractivity contribution >= 4 is 22.4 Å². The first-order chi connectivity index (χ1) is 12.7. The van der Waals surface area contributed by atoms with Gasteiger partial charge in [0.05, 0.1) is 12.4 Å². The number of halogens is 1. The van der Waals surface area contributed by atoms with Crippen molar-refractivity contribution < 1.29 is 18.1 Å². The van der Waals surface area contributed by atoms with Gasteiger partial charge < -0.3 is 10.1 Å². The maximum atomic E-state index is 12.8. The normalized spacial score (nSPS) is 13.7. The molecule has 0 bridgehead atoms. The molecule has 0 radical (unpaired) electrons. The largest absolute Gasteiger partial charge is 0.493 e. The summed E-state index contributed by atoms with van der Waals surface area (Å²) < 4.78 is 30.6. The zero-order valence-electron chi connectivity index (χ0n) is 16.1. The summed E-state index contributed by atoms with van der Waals surface area (Å²) in [5, 5.41) is 2.14. The van der Waals surface area contributed by atoms with Gasteiger partial charge in [-0.15, -0.1) is 0 Å². The molecule has 0 heterocycles. The van der Waals surface area contributed by atoms with E-state index in [1.54, 1.807) is 6.92 Å². The molecule has 1 amide bonds. The molecular weight excluding hydrogens is 365 g/mol. The summed E-state index contributed by atoms with van der Waals surface area (Å²) in [6, 6.07) is 13.3. The molecule has 0 aliphatic heterocycles. The van der Waals surface area contributed by atoms with Crippen LogP contribution in [0.2, 0.25) is 0 Å². The van der Waals surface area contributed by atoms with Crippen LogP contribution < -0.4 is 10.1 Å². The fraction of sp³-hybridized carbons (Fsp3) is 0.381. The highest BCUT2D eigenvalue weighted by atomic mass is 32.2. The molecule has 0 aromatic heterocycles. The molecule has 2 atom stereocenters. The topological polar surface area (TPSA) is 55.4 Å². The van der Waals surface area contributed by atoms with Crippen molar-refractivity contribution in [2.24, 2.45) is 0 Å². The zero-order valence-corrected chi connectivity index (χ0v) is 16.9. The second-order valence-electron chi connectivity index (χ2n) is 7.35. The fourth-order valence-corrected chi connectivity index (χ4v) is 3.26. The summed E-state index contributed by atoms with van der Waals surface area (Å²) in [7, 11) is -1.38. The second kappa shape index (κ2) is 9.13. The lowest BCUT2D eigenvalue weighted by molar-refractivity contribution is -0.115. The molecule has 0 aliphatic rings. The van der Waals surface area contributed by atoms with Gasteiger partial charge in [0.2, 0.25) is 5.91 Å². The molecular formula is C21H26FNO3S. The number of amides is 1. The van der Waals surface area contributed by atoms with Crippen molar-refractivity contribution in [3.8, 4) is 5.75 Å². The SMILES string of the molecule is C[C@@H](C(=O)Nc1ccc(C(C)(C)C)cc1)[S@](=O)CCOc1ccc(F)cc1. The van der Waals surface area contributed by atoms with E-state index < -0.39 is 16.0 Å². The van der Waals surface area contributed by atoms with E-state index in [2.05, 4.69) is 26.1 Å². The van der Waals surface area contributed by atoms with Crippen LogP contribution in [0.1, 0.15) is 33.3 Å². The van der Waals surface area contributed by atoms with Crippen molar-refractivity contribution in [3.05, 3.63) is 59.9 Å². The van der Waals surface area contributed by atoms with Gasteiger partial charge >= 0.3 is 0 Å². The van der Waals surface area contributed by atoms with Crippen LogP contribution in [-0.2, 0) is 21.0 Å². The molecule has 2 rings (SSSR count). The van der Waals surface area contributed by atoms with Crippen molar-refractivity contribution in [2.45, 2.75) is 38.4 Å². The summed E-state index contributed by atoms with van der Waals surface area (Å²) in [4.78, 5) is 12.3. The molecule has 6 heteroatoms. The number of benzene rings is 2. The van der Waals surface area contributed by atoms with Gasteiger partial charge in [0.1, 0.15) is 16.8 Å². The molecule has 146 valence electrons. The van der Waals surface area contributed by atoms with Crippen LogP contribution in [0.15, 0.2) is 48.5 Å². The summed E-state index contributed by atoms with van der Waals surface area (Å²) in [5.74, 6) is 0.0874. The predicted molar refractivity (Wildman–Crippen MR) is 108 cm³/mol. The molecule has 2 aromatic carbocycles. The number of hydrogen-bond acceptors (Lipinski definition) is 3. The molecule has 1 N–H and O–H groups in total. The first-order valence-electron chi connectivity index (χ1n) is 8.84. The minimum atomic E-state index is -1.38. The Hall–Kier alpha value is -2.21. The number of hydrogen-bond donors (Lipinski definition) is 1. The van der Waals surface area contributed by atoms with Crippen molar-refractivity contribution in [1.82, 2.24) is 0 Å². The van der Waals surface area contributed by atoms with Gasteiger partial charge in [0.15, 0.2) is 0 Å². The molecule has 0 aliphatic carbocycles. The van der Waals surface area contributed by atoms with Crippen molar-refractivity contribution in [1.29, 1.82) is 0 Å². The minimum absolute atomic E-state index is 0.0435. The Balaban J connectivity index is 1.83. The van der Waals surface area contributed by atoms with E-state index in [0.717, 1.165) is 0 Å². The van der Waals surface area contributed by atoms with E-state index in [1.807, 2.05) is 24.3 Å². The highest BCUT2D eigenvalue weighted by molar-refractivity contribution is 7.86. The Kier molecular flexibility index (Phi) is 7.13. The van der Waals surface area contributed by atoms with Crippen LogP contribution in [0.25, 0.3) is 0 Å². The Labute approximate surface area is 162 Å². The van der Waals surface area contributed by atoms with Crippen LogP contribution in [0.4, 0.5) is 10.1 Å². The van der Waals surface area contributed by atoms with Crippen LogP contribution in [-0.4, -0.2) is 27.7 Å². The van der Waals surface area contributed by atoms with Crippen molar-refractivity contribution in [3.63, 3.8) is 0 Å². The van der Waals surface area contributed by atoms with Crippen LogP contribution >= 0.6 is 0 Å². The molecule has 0 saturated heterocycles. The van der Waals surface area contributed by atoms with Gasteiger partial charge in [-0.2, -0.15) is 0 Å². The molecule has 0 spiro atoms. The number of carbonyl (C=O) groups is 1. The second-order valence-corrected chi connectivity index (χ2v) is 9.22. The third-order valence-electron chi connectivity index (χ3n) is 4.15. The summed E-state index contributed by atoms with van der Waals surface area (Å²) in [5.41, 5.74) is 1.90. The number of ether oxygens (including phenoxy) is 1. The number of carbonyl (C=O) groups excluding carboxylic acids is 1. The lowest BCUT2D eigenvalue weighted by Crippen LogP contribution is -2.31. The van der Waals surface area contributed by atoms with E-state index >= 15 is 0 Å². The number of anilines is 1. The van der Waals surface area contributed by atoms with Crippen LogP contribution in [0, 0.1) is 5.82 Å². The van der Waals surface area contributed by atoms with Gasteiger partial charge in [-0.05, 0) is 54.3 Å². The maximum absolute atomic E-state index is 12.8. The van der Waals surface area contributed by atoms with E-state index in [-0.39, 0.29) is 29.5 Å². The van der Waals surface area contributed by atoms with E-state index in [0.29, 0.717) is 11.4 Å². The zero-order chi connectivity index (χ0) is 20.0. The quantitative estimate of drug-likeness (QED) is 0.767. The summed E-state index contributed by atoms with van der Waals surface area (Å²) in [6.45, 7) is 8.20. The number of nitrogens with one attached hydrogen (secondary N) is 1. The maximum Gasteiger partial charge on any atom is 0.239 e. The molecule has 0 saturated carbocycles. The first-order valence-corrected chi connectivity index (χ1v) is 10.2. The standard InChI is InChI=1S/C21H26FNO3S/c1-15(27(25)14-13-26-19-11-7-17(22)8-12-19)20(24)23-18-9-5-16(6-10-18)21(2,3)4/h5-12,15H,13-14H2,1-4H3,(H,23,24)/t15-,27+/m0/s1. The fourth-order valence-electron chi connectivity index (χ4n) is 2.37.